The van der Waals surface area contributed by atoms with E-state index in [1.165, 1.54) is 6.42 Å². The Hall–Kier alpha value is -3.27. The number of likely N-dealkylation sites (N-methyl/N-ethyl adjacent to an activating group) is 1. The number of hydrogen-bond acceptors (Lipinski definition) is 8. The average Bonchev–Trinajstić information content (AvgIpc) is 3.17. The summed E-state index contributed by atoms with van der Waals surface area (Å²) >= 11 is 0. The van der Waals surface area contributed by atoms with Gasteiger partial charge in [0.15, 0.2) is 12.4 Å². The molecule has 9 heteroatoms. The predicted molar refractivity (Wildman–Crippen MR) is 232 cm³/mol. The summed E-state index contributed by atoms with van der Waals surface area (Å²) < 4.78 is 22.5. The van der Waals surface area contributed by atoms with Crippen LogP contribution in [0.15, 0.2) is 72.9 Å². The molecule has 0 aliphatic carbocycles. The summed E-state index contributed by atoms with van der Waals surface area (Å²) in [5.41, 5.74) is 0. The van der Waals surface area contributed by atoms with Crippen LogP contribution in [0.3, 0.4) is 0 Å². The molecule has 0 amide bonds. The van der Waals surface area contributed by atoms with Crippen molar-refractivity contribution in [2.75, 3.05) is 47.5 Å². The van der Waals surface area contributed by atoms with E-state index in [1.807, 2.05) is 21.1 Å². The van der Waals surface area contributed by atoms with Gasteiger partial charge in [0.1, 0.15) is 13.2 Å². The Morgan fingerprint density at radius 3 is 1.49 bits per heavy atom. The fourth-order valence-corrected chi connectivity index (χ4v) is 5.50. The van der Waals surface area contributed by atoms with Gasteiger partial charge in [-0.3, -0.25) is 9.59 Å². The normalized spacial score (nSPS) is 13.6. The van der Waals surface area contributed by atoms with E-state index in [9.17, 15) is 19.5 Å². The third-order valence-corrected chi connectivity index (χ3v) is 8.92. The maximum atomic E-state index is 12.7. The lowest BCUT2D eigenvalue weighted by molar-refractivity contribution is -0.870. The SMILES string of the molecule is CC/C=C\C/C=C\C/C=C\C/C=C\CCCCCCCCC(=O)OC(COC(=O)CCCCCCC/C=C\C/C=C\CCC)COC(OCC[N+](C)(C)C)C(=O)[O-]. The second kappa shape index (κ2) is 39.6. The van der Waals surface area contributed by atoms with Crippen LogP contribution >= 0.6 is 0 Å². The topological polar surface area (TPSA) is 111 Å². The minimum atomic E-state index is -1.63. The van der Waals surface area contributed by atoms with Crippen LogP contribution in [0.4, 0.5) is 0 Å². The molecule has 2 atom stereocenters. The van der Waals surface area contributed by atoms with Crippen molar-refractivity contribution < 1.29 is 42.9 Å². The second-order valence-corrected chi connectivity index (χ2v) is 15.6. The highest BCUT2D eigenvalue weighted by Gasteiger charge is 2.21. The molecule has 0 aromatic carbocycles. The zero-order valence-electron chi connectivity index (χ0n) is 36.7. The van der Waals surface area contributed by atoms with Gasteiger partial charge in [0.05, 0.1) is 40.3 Å². The van der Waals surface area contributed by atoms with Gasteiger partial charge in [-0.2, -0.15) is 0 Å². The van der Waals surface area contributed by atoms with E-state index in [1.54, 1.807) is 0 Å². The standard InChI is InChI=1S/C48H81NO8/c1-6-8-10-12-14-16-18-20-21-22-23-24-25-27-29-31-33-35-37-39-46(51)57-44(43-56-48(47(52)53)54-41-40-49(3,4)5)42-55-45(50)38-36-34-32-30-28-26-19-17-15-13-11-9-7-2/h8,10-11,13-14,16-17,19-21,23-24,44,48H,6-7,9,12,15,18,22,25-43H2,1-5H3/b10-8-,13-11-,16-14-,19-17-,21-20-,24-23-. The number of carboxylic acid groups (broad SMARTS) is 1. The first kappa shape index (κ1) is 53.7. The summed E-state index contributed by atoms with van der Waals surface area (Å²) in [6.45, 7) is 4.50. The summed E-state index contributed by atoms with van der Waals surface area (Å²) in [6, 6.07) is 0. The largest absolute Gasteiger partial charge is 0.545 e. The van der Waals surface area contributed by atoms with Gasteiger partial charge in [-0.05, 0) is 77.0 Å². The van der Waals surface area contributed by atoms with Gasteiger partial charge in [-0.1, -0.05) is 138 Å². The first-order chi connectivity index (χ1) is 27.6. The maximum Gasteiger partial charge on any atom is 0.306 e. The Bertz CT molecular complexity index is 1160. The van der Waals surface area contributed by atoms with Crippen molar-refractivity contribution in [3.05, 3.63) is 72.9 Å². The van der Waals surface area contributed by atoms with Crippen LogP contribution in [-0.2, 0) is 33.3 Å². The van der Waals surface area contributed by atoms with E-state index in [4.69, 9.17) is 18.9 Å². The minimum Gasteiger partial charge on any atom is -0.545 e. The van der Waals surface area contributed by atoms with Gasteiger partial charge >= 0.3 is 11.9 Å². The molecule has 2 unspecified atom stereocenters. The number of allylic oxidation sites excluding steroid dienone is 12. The van der Waals surface area contributed by atoms with E-state index < -0.39 is 24.3 Å². The predicted octanol–water partition coefficient (Wildman–Crippen LogP) is 10.2. The van der Waals surface area contributed by atoms with Gasteiger partial charge in [-0.15, -0.1) is 0 Å². The summed E-state index contributed by atoms with van der Waals surface area (Å²) in [6.07, 6.45) is 45.0. The molecule has 0 aromatic rings. The number of quaternary nitrogens is 1. The molecule has 0 aliphatic rings. The molecule has 0 fully saturated rings. The molecule has 0 aromatic heterocycles. The van der Waals surface area contributed by atoms with Crippen LogP contribution in [0.25, 0.3) is 0 Å². The van der Waals surface area contributed by atoms with Crippen LogP contribution in [0, 0.1) is 0 Å². The van der Waals surface area contributed by atoms with Gasteiger partial charge < -0.3 is 33.3 Å². The van der Waals surface area contributed by atoms with Crippen molar-refractivity contribution in [2.45, 2.75) is 167 Å². The Morgan fingerprint density at radius 1 is 0.544 bits per heavy atom. The molecule has 0 rings (SSSR count). The number of carbonyl (C=O) groups is 3. The number of carboxylic acids is 1. The third kappa shape index (κ3) is 40.7. The molecule has 9 nitrogen and oxygen atoms in total. The first-order valence-electron chi connectivity index (χ1n) is 22.1. The highest BCUT2D eigenvalue weighted by Crippen LogP contribution is 2.12. The van der Waals surface area contributed by atoms with E-state index in [-0.39, 0.29) is 38.6 Å². The summed E-state index contributed by atoms with van der Waals surface area (Å²) in [7, 11) is 5.89. The average molecular weight is 800 g/mol. The van der Waals surface area contributed by atoms with Crippen molar-refractivity contribution in [3.8, 4) is 0 Å². The van der Waals surface area contributed by atoms with Crippen molar-refractivity contribution in [2.24, 2.45) is 0 Å². The molecule has 0 saturated heterocycles. The van der Waals surface area contributed by atoms with E-state index in [0.29, 0.717) is 17.4 Å². The van der Waals surface area contributed by atoms with Gasteiger partial charge in [0.2, 0.25) is 0 Å². The van der Waals surface area contributed by atoms with Crippen molar-refractivity contribution in [3.63, 3.8) is 0 Å². The number of esters is 2. The van der Waals surface area contributed by atoms with Gasteiger partial charge in [0, 0.05) is 12.8 Å². The Labute approximate surface area is 347 Å². The molecule has 0 bridgehead atoms. The van der Waals surface area contributed by atoms with Crippen molar-refractivity contribution >= 4 is 17.9 Å². The highest BCUT2D eigenvalue weighted by atomic mass is 16.7. The summed E-state index contributed by atoms with van der Waals surface area (Å²) in [5, 5.41) is 11.7. The number of rotatable bonds is 39. The van der Waals surface area contributed by atoms with Gasteiger partial charge in [0.25, 0.3) is 0 Å². The number of aliphatic carboxylic acids is 1. The molecule has 0 saturated carbocycles. The monoisotopic (exact) mass is 800 g/mol. The van der Waals surface area contributed by atoms with Crippen LogP contribution in [0.5, 0.6) is 0 Å². The van der Waals surface area contributed by atoms with Crippen LogP contribution < -0.4 is 5.11 Å². The van der Waals surface area contributed by atoms with E-state index >= 15 is 0 Å². The van der Waals surface area contributed by atoms with E-state index in [2.05, 4.69) is 86.8 Å². The fourth-order valence-electron chi connectivity index (χ4n) is 5.50. The third-order valence-electron chi connectivity index (χ3n) is 8.92. The van der Waals surface area contributed by atoms with Crippen LogP contribution in [0.1, 0.15) is 155 Å². The second-order valence-electron chi connectivity index (χ2n) is 15.6. The molecule has 326 valence electrons. The smallest absolute Gasteiger partial charge is 0.306 e. The van der Waals surface area contributed by atoms with Crippen LogP contribution in [-0.4, -0.2) is 82.3 Å². The zero-order chi connectivity index (χ0) is 42.1. The Balaban J connectivity index is 4.50. The van der Waals surface area contributed by atoms with Crippen LogP contribution in [0.2, 0.25) is 0 Å². The minimum absolute atomic E-state index is 0.138. The molecule has 0 spiro atoms. The molecular formula is C48H81NO8. The lowest BCUT2D eigenvalue weighted by Gasteiger charge is -2.26. The maximum absolute atomic E-state index is 12.7. The first-order valence-corrected chi connectivity index (χ1v) is 22.1. The lowest BCUT2D eigenvalue weighted by Crippen LogP contribution is -2.44. The Morgan fingerprint density at radius 2 is 1.00 bits per heavy atom. The number of nitrogens with zero attached hydrogens (tertiary/aromatic N) is 1. The van der Waals surface area contributed by atoms with Gasteiger partial charge in [-0.25, -0.2) is 0 Å². The highest BCUT2D eigenvalue weighted by molar-refractivity contribution is 5.70. The quantitative estimate of drug-likeness (QED) is 0.0199. The van der Waals surface area contributed by atoms with Crippen molar-refractivity contribution in [1.82, 2.24) is 0 Å². The molecule has 0 heterocycles. The van der Waals surface area contributed by atoms with Crippen molar-refractivity contribution in [1.29, 1.82) is 0 Å². The number of unbranched alkanes of at least 4 members (excludes halogenated alkanes) is 12. The fraction of sp³-hybridized carbons (Fsp3) is 0.688. The zero-order valence-corrected chi connectivity index (χ0v) is 36.7. The molecule has 0 radical (unpaired) electrons. The molecule has 57 heavy (non-hydrogen) atoms. The number of hydrogen-bond donors (Lipinski definition) is 0. The molecule has 0 N–H and O–H groups in total. The van der Waals surface area contributed by atoms with E-state index in [0.717, 1.165) is 116 Å². The summed E-state index contributed by atoms with van der Waals surface area (Å²) in [4.78, 5) is 36.9. The number of ether oxygens (including phenoxy) is 4. The molecule has 0 aliphatic heterocycles. The summed E-state index contributed by atoms with van der Waals surface area (Å²) in [5.74, 6) is -2.34. The number of carbonyl (C=O) groups excluding carboxylic acids is 3. The molecular weight excluding hydrogens is 719 g/mol. The Kier molecular flexibility index (Phi) is 37.3. The lowest BCUT2D eigenvalue weighted by atomic mass is 10.1.